The Hall–Kier alpha value is -0.510. The minimum Gasteiger partial charge on any atom is -0.468 e. The number of hydrogen-bond acceptors (Lipinski definition) is 4. The lowest BCUT2D eigenvalue weighted by Gasteiger charge is -2.19. The Morgan fingerprint density at radius 2 is 2.46 bits per heavy atom. The van der Waals surface area contributed by atoms with Gasteiger partial charge < -0.3 is 4.74 Å². The Morgan fingerprint density at radius 1 is 1.69 bits per heavy atom. The quantitative estimate of drug-likeness (QED) is 0.649. The van der Waals surface area contributed by atoms with Crippen LogP contribution in [0, 0.1) is 0 Å². The first-order valence-electron chi connectivity index (χ1n) is 4.42. The molecule has 0 spiro atoms. The third-order valence-electron chi connectivity index (χ3n) is 2.10. The fourth-order valence-electron chi connectivity index (χ4n) is 1.37. The largest absolute Gasteiger partial charge is 0.468 e. The molecule has 1 fully saturated rings. The molecule has 0 aromatic heterocycles. The van der Waals surface area contributed by atoms with Crippen LogP contribution >= 0.6 is 11.8 Å². The zero-order valence-corrected chi connectivity index (χ0v) is 8.56. The molecule has 0 N–H and O–H groups in total. The first-order valence-corrected chi connectivity index (χ1v) is 5.47. The number of ether oxygens (including phenoxy) is 1. The first-order chi connectivity index (χ1) is 6.22. The Balaban J connectivity index is 2.20. The monoisotopic (exact) mass is 202 g/mol. The number of carbonyl (C=O) groups excluding carboxylic acids is 2. The van der Waals surface area contributed by atoms with E-state index in [0.29, 0.717) is 23.2 Å². The predicted molar refractivity (Wildman–Crippen MR) is 51.7 cm³/mol. The number of Topliss-reactive ketones (excluding diaryl/α,β-unsaturated/α-hetero) is 1. The number of methoxy groups -OCH3 is 1. The summed E-state index contributed by atoms with van der Waals surface area (Å²) in [6, 6.07) is 0. The van der Waals surface area contributed by atoms with E-state index in [1.54, 1.807) is 0 Å². The molecular weight excluding hydrogens is 188 g/mol. The first kappa shape index (κ1) is 10.6. The van der Waals surface area contributed by atoms with E-state index in [9.17, 15) is 9.59 Å². The summed E-state index contributed by atoms with van der Waals surface area (Å²) in [6.07, 6.45) is 3.36. The zero-order chi connectivity index (χ0) is 9.68. The molecule has 0 saturated heterocycles. The van der Waals surface area contributed by atoms with Crippen LogP contribution < -0.4 is 0 Å². The number of rotatable bonds is 3. The normalized spacial score (nSPS) is 22.8. The molecule has 0 heterocycles. The van der Waals surface area contributed by atoms with Gasteiger partial charge in [-0.3, -0.25) is 9.59 Å². The van der Waals surface area contributed by atoms with E-state index in [4.69, 9.17) is 0 Å². The fraction of sp³-hybridized carbons (Fsp3) is 0.778. The lowest BCUT2D eigenvalue weighted by Crippen LogP contribution is -2.18. The SMILES string of the molecule is COC(=O)CSC1CCCC(=O)C1. The number of hydrogen-bond donors (Lipinski definition) is 0. The van der Waals surface area contributed by atoms with E-state index in [-0.39, 0.29) is 5.97 Å². The molecule has 0 aliphatic heterocycles. The average molecular weight is 202 g/mol. The van der Waals surface area contributed by atoms with E-state index >= 15 is 0 Å². The van der Waals surface area contributed by atoms with Gasteiger partial charge in [0.05, 0.1) is 12.9 Å². The van der Waals surface area contributed by atoms with Gasteiger partial charge in [-0.25, -0.2) is 0 Å². The molecular formula is C9H14O3S. The second-order valence-electron chi connectivity index (χ2n) is 3.14. The number of thioether (sulfide) groups is 1. The van der Waals surface area contributed by atoms with Gasteiger partial charge in [0.2, 0.25) is 0 Å². The maximum absolute atomic E-state index is 11.1. The second kappa shape index (κ2) is 5.27. The zero-order valence-electron chi connectivity index (χ0n) is 7.75. The smallest absolute Gasteiger partial charge is 0.315 e. The molecule has 1 aliphatic rings. The van der Waals surface area contributed by atoms with Gasteiger partial charge in [0.15, 0.2) is 0 Å². The van der Waals surface area contributed by atoms with E-state index in [2.05, 4.69) is 4.74 Å². The van der Waals surface area contributed by atoms with Gasteiger partial charge in [0.25, 0.3) is 0 Å². The average Bonchev–Trinajstić information content (AvgIpc) is 2.14. The van der Waals surface area contributed by atoms with Crippen LogP contribution in [0.1, 0.15) is 25.7 Å². The summed E-state index contributed by atoms with van der Waals surface area (Å²) < 4.78 is 4.52. The lowest BCUT2D eigenvalue weighted by atomic mass is 9.99. The van der Waals surface area contributed by atoms with Crippen molar-refractivity contribution in [2.45, 2.75) is 30.9 Å². The molecule has 0 amide bonds. The summed E-state index contributed by atoms with van der Waals surface area (Å²) in [4.78, 5) is 21.9. The summed E-state index contributed by atoms with van der Waals surface area (Å²) in [6.45, 7) is 0. The van der Waals surface area contributed by atoms with E-state index < -0.39 is 0 Å². The van der Waals surface area contributed by atoms with Crippen molar-refractivity contribution >= 4 is 23.5 Å². The fourth-order valence-corrected chi connectivity index (χ4v) is 2.50. The molecule has 74 valence electrons. The van der Waals surface area contributed by atoms with Gasteiger partial charge in [-0.1, -0.05) is 0 Å². The van der Waals surface area contributed by atoms with Crippen LogP contribution in [-0.2, 0) is 14.3 Å². The maximum Gasteiger partial charge on any atom is 0.315 e. The van der Waals surface area contributed by atoms with E-state index in [1.807, 2.05) is 0 Å². The molecule has 4 heteroatoms. The van der Waals surface area contributed by atoms with Gasteiger partial charge in [-0.2, -0.15) is 0 Å². The summed E-state index contributed by atoms with van der Waals surface area (Å²) in [5, 5.41) is 0.334. The minimum atomic E-state index is -0.206. The van der Waals surface area contributed by atoms with Gasteiger partial charge in [-0.05, 0) is 12.8 Å². The van der Waals surface area contributed by atoms with Gasteiger partial charge >= 0.3 is 5.97 Å². The molecule has 0 aromatic carbocycles. The number of esters is 1. The summed E-state index contributed by atoms with van der Waals surface area (Å²) in [5.41, 5.74) is 0. The lowest BCUT2D eigenvalue weighted by molar-refractivity contribution is -0.137. The van der Waals surface area contributed by atoms with Crippen molar-refractivity contribution in [3.8, 4) is 0 Å². The topological polar surface area (TPSA) is 43.4 Å². The standard InChI is InChI=1S/C9H14O3S/c1-12-9(11)6-13-8-4-2-3-7(10)5-8/h8H,2-6H2,1H3. The summed E-state index contributed by atoms with van der Waals surface area (Å²) in [7, 11) is 1.38. The van der Waals surface area contributed by atoms with Crippen LogP contribution in [-0.4, -0.2) is 29.9 Å². The van der Waals surface area contributed by atoms with Crippen LogP contribution in [0.4, 0.5) is 0 Å². The third kappa shape index (κ3) is 3.81. The highest BCUT2D eigenvalue weighted by Crippen LogP contribution is 2.26. The van der Waals surface area contributed by atoms with Crippen LogP contribution in [0.25, 0.3) is 0 Å². The number of ketones is 1. The third-order valence-corrected chi connectivity index (χ3v) is 3.38. The van der Waals surface area contributed by atoms with Gasteiger partial charge in [-0.15, -0.1) is 11.8 Å². The van der Waals surface area contributed by atoms with Crippen molar-refractivity contribution in [3.63, 3.8) is 0 Å². The van der Waals surface area contributed by atoms with Crippen molar-refractivity contribution in [1.82, 2.24) is 0 Å². The molecule has 1 atom stereocenters. The van der Waals surface area contributed by atoms with Gasteiger partial charge in [0.1, 0.15) is 5.78 Å². The minimum absolute atomic E-state index is 0.206. The van der Waals surface area contributed by atoms with Crippen LogP contribution in [0.15, 0.2) is 0 Å². The van der Waals surface area contributed by atoms with Crippen LogP contribution in [0.3, 0.4) is 0 Å². The Morgan fingerprint density at radius 3 is 3.08 bits per heavy atom. The molecule has 0 radical (unpaired) electrons. The van der Waals surface area contributed by atoms with Crippen LogP contribution in [0.2, 0.25) is 0 Å². The van der Waals surface area contributed by atoms with Crippen molar-refractivity contribution < 1.29 is 14.3 Å². The second-order valence-corrected chi connectivity index (χ2v) is 4.43. The highest BCUT2D eigenvalue weighted by molar-refractivity contribution is 8.00. The van der Waals surface area contributed by atoms with Crippen molar-refractivity contribution in [1.29, 1.82) is 0 Å². The molecule has 3 nitrogen and oxygen atoms in total. The summed E-state index contributed by atoms with van der Waals surface area (Å²) >= 11 is 1.54. The summed E-state index contributed by atoms with van der Waals surface area (Å²) in [5.74, 6) is 0.491. The highest BCUT2D eigenvalue weighted by Gasteiger charge is 2.20. The molecule has 13 heavy (non-hydrogen) atoms. The van der Waals surface area contributed by atoms with Gasteiger partial charge in [0, 0.05) is 18.1 Å². The Bertz CT molecular complexity index is 203. The maximum atomic E-state index is 11.1. The van der Waals surface area contributed by atoms with Crippen molar-refractivity contribution in [3.05, 3.63) is 0 Å². The Kier molecular flexibility index (Phi) is 4.28. The Labute approximate surface area is 82.2 Å². The molecule has 1 saturated carbocycles. The van der Waals surface area contributed by atoms with Crippen molar-refractivity contribution in [2.24, 2.45) is 0 Å². The van der Waals surface area contributed by atoms with E-state index in [0.717, 1.165) is 19.3 Å². The van der Waals surface area contributed by atoms with E-state index in [1.165, 1.54) is 18.9 Å². The molecule has 0 aromatic rings. The van der Waals surface area contributed by atoms with Crippen molar-refractivity contribution in [2.75, 3.05) is 12.9 Å². The molecule has 1 aliphatic carbocycles. The molecule has 0 bridgehead atoms. The van der Waals surface area contributed by atoms with Crippen LogP contribution in [0.5, 0.6) is 0 Å². The molecule has 1 unspecified atom stereocenters. The molecule has 1 rings (SSSR count). The number of carbonyl (C=O) groups is 2. The highest BCUT2D eigenvalue weighted by atomic mass is 32.2. The predicted octanol–water partition coefficient (Wildman–Crippen LogP) is 1.40.